The van der Waals surface area contributed by atoms with Crippen LogP contribution in [0.4, 0.5) is 0 Å². The van der Waals surface area contributed by atoms with Gasteiger partial charge in [0.2, 0.25) is 0 Å². The number of nitrogens with zero attached hydrogens (tertiary/aromatic N) is 3. The normalized spacial score (nSPS) is 11.8. The molecule has 242 valence electrons. The summed E-state index contributed by atoms with van der Waals surface area (Å²) < 4.78 is 7.72. The van der Waals surface area contributed by atoms with Gasteiger partial charge in [-0.3, -0.25) is 0 Å². The highest BCUT2D eigenvalue weighted by Crippen LogP contribution is 2.41. The number of hydrogen-bond acceptors (Lipinski definition) is 5. The first kappa shape index (κ1) is 29.1. The van der Waals surface area contributed by atoms with Crippen LogP contribution in [0.3, 0.4) is 0 Å². The summed E-state index contributed by atoms with van der Waals surface area (Å²) in [5, 5.41) is 9.36. The standard InChI is InChI=1S/C47H27N3OS/c1-2-11-31-26-32(25-20-28(31)10-1)39-27-40(37-17-9-16-36-33-12-5-7-18-41(33)51-45(36)37)49-46(48-39)30-23-21-29(22-24-30)44-35-14-4-3-13-34(35)43-38-15-6-8-19-42(38)52-47(43)50-44/h1-27H. The van der Waals surface area contributed by atoms with Crippen molar-refractivity contribution in [2.45, 2.75) is 0 Å². The van der Waals surface area contributed by atoms with Gasteiger partial charge in [-0.1, -0.05) is 133 Å². The molecule has 0 fully saturated rings. The number of pyridine rings is 1. The van der Waals surface area contributed by atoms with Crippen LogP contribution in [-0.4, -0.2) is 15.0 Å². The van der Waals surface area contributed by atoms with Gasteiger partial charge in [-0.15, -0.1) is 11.3 Å². The molecule has 0 unspecified atom stereocenters. The van der Waals surface area contributed by atoms with Gasteiger partial charge in [0.15, 0.2) is 5.82 Å². The first-order chi connectivity index (χ1) is 25.7. The van der Waals surface area contributed by atoms with E-state index in [-0.39, 0.29) is 0 Å². The van der Waals surface area contributed by atoms with Gasteiger partial charge in [-0.25, -0.2) is 15.0 Å². The average Bonchev–Trinajstić information content (AvgIpc) is 3.79. The van der Waals surface area contributed by atoms with Crippen LogP contribution in [-0.2, 0) is 0 Å². The van der Waals surface area contributed by atoms with Crippen molar-refractivity contribution in [2.24, 2.45) is 0 Å². The predicted octanol–water partition coefficient (Wildman–Crippen LogP) is 13.1. The van der Waals surface area contributed by atoms with Crippen molar-refractivity contribution in [2.75, 3.05) is 0 Å². The molecule has 0 saturated carbocycles. The van der Waals surface area contributed by atoms with Gasteiger partial charge in [0, 0.05) is 53.9 Å². The van der Waals surface area contributed by atoms with E-state index in [1.54, 1.807) is 11.3 Å². The summed E-state index contributed by atoms with van der Waals surface area (Å²) in [7, 11) is 0. The van der Waals surface area contributed by atoms with E-state index in [9.17, 15) is 0 Å². The fourth-order valence-corrected chi connectivity index (χ4v) is 8.69. The number of para-hydroxylation sites is 2. The lowest BCUT2D eigenvalue weighted by Crippen LogP contribution is -1.96. The highest BCUT2D eigenvalue weighted by Gasteiger charge is 2.18. The van der Waals surface area contributed by atoms with Crippen LogP contribution < -0.4 is 0 Å². The van der Waals surface area contributed by atoms with Crippen molar-refractivity contribution in [1.29, 1.82) is 0 Å². The van der Waals surface area contributed by atoms with Gasteiger partial charge in [0.1, 0.15) is 16.0 Å². The van der Waals surface area contributed by atoms with Crippen molar-refractivity contribution in [3.63, 3.8) is 0 Å². The molecular formula is C47H27N3OS. The fraction of sp³-hybridized carbons (Fsp3) is 0. The second-order valence-corrected chi connectivity index (χ2v) is 14.2. The third-order valence-electron chi connectivity index (χ3n) is 10.1. The Bertz CT molecular complexity index is 3190. The van der Waals surface area contributed by atoms with E-state index in [0.717, 1.165) is 71.5 Å². The Morgan fingerprint density at radius 1 is 0.442 bits per heavy atom. The fourth-order valence-electron chi connectivity index (χ4n) is 7.60. The second kappa shape index (κ2) is 11.4. The lowest BCUT2D eigenvalue weighted by Gasteiger charge is -2.11. The van der Waals surface area contributed by atoms with Crippen LogP contribution in [0.25, 0.3) is 109 Å². The summed E-state index contributed by atoms with van der Waals surface area (Å²) in [6.45, 7) is 0. The Morgan fingerprint density at radius 3 is 2.00 bits per heavy atom. The molecule has 0 aliphatic carbocycles. The number of fused-ring (bicyclic) bond motifs is 9. The summed E-state index contributed by atoms with van der Waals surface area (Å²) in [5.74, 6) is 0.651. The molecule has 7 aromatic carbocycles. The number of furan rings is 1. The van der Waals surface area contributed by atoms with E-state index in [1.807, 2.05) is 18.2 Å². The van der Waals surface area contributed by atoms with Crippen molar-refractivity contribution >= 4 is 75.1 Å². The first-order valence-electron chi connectivity index (χ1n) is 17.3. The van der Waals surface area contributed by atoms with Gasteiger partial charge >= 0.3 is 0 Å². The number of aromatic nitrogens is 3. The van der Waals surface area contributed by atoms with E-state index in [0.29, 0.717) is 5.82 Å². The topological polar surface area (TPSA) is 51.8 Å². The van der Waals surface area contributed by atoms with E-state index < -0.39 is 0 Å². The summed E-state index contributed by atoms with van der Waals surface area (Å²) >= 11 is 1.75. The molecule has 0 aliphatic heterocycles. The monoisotopic (exact) mass is 681 g/mol. The van der Waals surface area contributed by atoms with E-state index in [1.165, 1.54) is 31.6 Å². The molecule has 5 heteroatoms. The highest BCUT2D eigenvalue weighted by molar-refractivity contribution is 7.25. The smallest absolute Gasteiger partial charge is 0.160 e. The Morgan fingerprint density at radius 2 is 1.12 bits per heavy atom. The van der Waals surface area contributed by atoms with Crippen molar-refractivity contribution < 1.29 is 4.42 Å². The van der Waals surface area contributed by atoms with Crippen LogP contribution in [0.1, 0.15) is 0 Å². The lowest BCUT2D eigenvalue weighted by atomic mass is 9.99. The molecule has 4 heterocycles. The molecule has 0 spiro atoms. The molecule has 0 saturated heterocycles. The SMILES string of the molecule is c1ccc2cc(-c3cc(-c4cccc5c4oc4ccccc45)nc(-c4ccc(-c5nc6sc7ccccc7c6c6ccccc56)cc4)n3)ccc2c1. The maximum Gasteiger partial charge on any atom is 0.160 e. The van der Waals surface area contributed by atoms with Crippen molar-refractivity contribution in [1.82, 2.24) is 15.0 Å². The first-order valence-corrected chi connectivity index (χ1v) is 18.2. The van der Waals surface area contributed by atoms with Gasteiger partial charge in [0.25, 0.3) is 0 Å². The molecular weight excluding hydrogens is 655 g/mol. The molecule has 11 aromatic rings. The maximum absolute atomic E-state index is 6.47. The summed E-state index contributed by atoms with van der Waals surface area (Å²) in [5.41, 5.74) is 8.27. The minimum absolute atomic E-state index is 0.651. The molecule has 0 amide bonds. The van der Waals surface area contributed by atoms with Gasteiger partial charge < -0.3 is 4.42 Å². The van der Waals surface area contributed by atoms with Crippen LogP contribution in [0.2, 0.25) is 0 Å². The van der Waals surface area contributed by atoms with Crippen LogP contribution >= 0.6 is 11.3 Å². The summed E-state index contributed by atoms with van der Waals surface area (Å²) in [6, 6.07) is 57.2. The van der Waals surface area contributed by atoms with E-state index in [4.69, 9.17) is 19.4 Å². The Balaban J connectivity index is 1.08. The molecule has 0 N–H and O–H groups in total. The summed E-state index contributed by atoms with van der Waals surface area (Å²) in [6.07, 6.45) is 0. The zero-order chi connectivity index (χ0) is 34.2. The Hall–Kier alpha value is -6.69. The zero-order valence-corrected chi connectivity index (χ0v) is 28.6. The maximum atomic E-state index is 6.47. The minimum atomic E-state index is 0.651. The molecule has 52 heavy (non-hydrogen) atoms. The number of hydrogen-bond donors (Lipinski definition) is 0. The Labute approximate surface area is 302 Å². The zero-order valence-electron chi connectivity index (χ0n) is 27.7. The quantitative estimate of drug-likeness (QED) is 0.185. The molecule has 11 rings (SSSR count). The average molecular weight is 682 g/mol. The van der Waals surface area contributed by atoms with E-state index in [2.05, 4.69) is 146 Å². The van der Waals surface area contributed by atoms with Crippen LogP contribution in [0, 0.1) is 0 Å². The van der Waals surface area contributed by atoms with Gasteiger partial charge in [-0.2, -0.15) is 0 Å². The van der Waals surface area contributed by atoms with Crippen molar-refractivity contribution in [3.05, 3.63) is 164 Å². The number of benzene rings is 7. The van der Waals surface area contributed by atoms with Gasteiger partial charge in [-0.05, 0) is 46.5 Å². The number of rotatable bonds is 4. The van der Waals surface area contributed by atoms with E-state index >= 15 is 0 Å². The molecule has 4 nitrogen and oxygen atoms in total. The third-order valence-corrected chi connectivity index (χ3v) is 11.2. The third kappa shape index (κ3) is 4.57. The number of thiophene rings is 1. The second-order valence-electron chi connectivity index (χ2n) is 13.2. The molecule has 0 radical (unpaired) electrons. The largest absolute Gasteiger partial charge is 0.455 e. The van der Waals surface area contributed by atoms with Crippen LogP contribution in [0.15, 0.2) is 168 Å². The highest BCUT2D eigenvalue weighted by atomic mass is 32.1. The van der Waals surface area contributed by atoms with Gasteiger partial charge in [0.05, 0.1) is 17.1 Å². The van der Waals surface area contributed by atoms with Crippen molar-refractivity contribution in [3.8, 4) is 45.2 Å². The molecule has 0 aliphatic rings. The molecule has 0 bridgehead atoms. The van der Waals surface area contributed by atoms with Crippen LogP contribution in [0.5, 0.6) is 0 Å². The minimum Gasteiger partial charge on any atom is -0.455 e. The molecule has 4 aromatic heterocycles. The Kier molecular flexibility index (Phi) is 6.39. The molecule has 0 atom stereocenters. The summed E-state index contributed by atoms with van der Waals surface area (Å²) in [4.78, 5) is 16.7. The predicted molar refractivity (Wildman–Crippen MR) is 217 cm³/mol. The lowest BCUT2D eigenvalue weighted by molar-refractivity contribution is 0.670.